The predicted octanol–water partition coefficient (Wildman–Crippen LogP) is 4.16. The second kappa shape index (κ2) is 12.5. The van der Waals surface area contributed by atoms with Crippen LogP contribution in [0.1, 0.15) is 30.9 Å². The molecule has 8 heteroatoms. The zero-order valence-electron chi connectivity index (χ0n) is 19.6. The molecule has 0 radical (unpaired) electrons. The second-order valence-corrected chi connectivity index (χ2v) is 9.97. The largest absolute Gasteiger partial charge is 0.497 e. The number of likely N-dealkylation sites (tertiary alicyclic amines) is 1. The van der Waals surface area contributed by atoms with Crippen LogP contribution in [0.4, 0.5) is 0 Å². The Morgan fingerprint density at radius 1 is 1.18 bits per heavy atom. The number of fused-ring (bicyclic) bond motifs is 1. The molecule has 1 aliphatic rings. The standard InChI is InChI=1S/C26H34N4O3S/c1-33-21-6-8-24-23(16-21)22(9-12-27-24)25(29-32)7-5-19-10-13-30(17-20(19)18-31)14-15-34-26-4-2-3-11-28-26/h2-4,6,8-9,11-12,16,19-20,25,29,31-32H,5,7,10,13-15,17-18H2,1H3/t19-,20-,25-/m1/s1. The summed E-state index contributed by atoms with van der Waals surface area (Å²) in [6, 6.07) is 13.6. The van der Waals surface area contributed by atoms with Gasteiger partial charge in [0.1, 0.15) is 5.75 Å². The molecule has 7 nitrogen and oxygen atoms in total. The third-order valence-electron chi connectivity index (χ3n) is 6.85. The molecule has 0 saturated carbocycles. The van der Waals surface area contributed by atoms with E-state index in [2.05, 4.69) is 20.3 Å². The summed E-state index contributed by atoms with van der Waals surface area (Å²) >= 11 is 1.78. The fourth-order valence-electron chi connectivity index (χ4n) is 4.91. The molecule has 1 saturated heterocycles. The highest BCUT2D eigenvalue weighted by molar-refractivity contribution is 7.99. The first-order valence-electron chi connectivity index (χ1n) is 11.9. The maximum Gasteiger partial charge on any atom is 0.119 e. The summed E-state index contributed by atoms with van der Waals surface area (Å²) in [6.45, 7) is 3.14. The maximum absolute atomic E-state index is 10.1. The number of hydroxylamine groups is 1. The number of rotatable bonds is 11. The molecule has 4 rings (SSSR count). The molecule has 2 aromatic heterocycles. The van der Waals surface area contributed by atoms with Crippen molar-refractivity contribution >= 4 is 22.7 Å². The zero-order valence-corrected chi connectivity index (χ0v) is 20.5. The van der Waals surface area contributed by atoms with Crippen molar-refractivity contribution in [3.8, 4) is 5.75 Å². The highest BCUT2D eigenvalue weighted by Crippen LogP contribution is 2.33. The van der Waals surface area contributed by atoms with Crippen molar-refractivity contribution in [2.75, 3.05) is 39.1 Å². The summed E-state index contributed by atoms with van der Waals surface area (Å²) in [5, 5.41) is 22.1. The molecule has 1 fully saturated rings. The highest BCUT2D eigenvalue weighted by Gasteiger charge is 2.29. The Balaban J connectivity index is 1.33. The smallest absolute Gasteiger partial charge is 0.119 e. The maximum atomic E-state index is 10.1. The fourth-order valence-corrected chi connectivity index (χ4v) is 5.77. The number of nitrogens with one attached hydrogen (secondary N) is 1. The average molecular weight is 483 g/mol. The molecule has 1 aliphatic heterocycles. The number of aliphatic hydroxyl groups excluding tert-OH is 1. The topological polar surface area (TPSA) is 90.7 Å². The summed E-state index contributed by atoms with van der Waals surface area (Å²) in [7, 11) is 1.65. The van der Waals surface area contributed by atoms with Gasteiger partial charge in [0.05, 0.1) is 23.7 Å². The number of aliphatic hydroxyl groups is 1. The van der Waals surface area contributed by atoms with Gasteiger partial charge in [-0.3, -0.25) is 4.98 Å². The van der Waals surface area contributed by atoms with E-state index in [1.165, 1.54) is 0 Å². The number of hydrogen-bond acceptors (Lipinski definition) is 8. The van der Waals surface area contributed by atoms with Crippen LogP contribution < -0.4 is 10.2 Å². The lowest BCUT2D eigenvalue weighted by Crippen LogP contribution is -2.43. The molecule has 182 valence electrons. The summed E-state index contributed by atoms with van der Waals surface area (Å²) in [6.07, 6.45) is 6.39. The second-order valence-electron chi connectivity index (χ2n) is 8.85. The Labute approximate surface area is 205 Å². The van der Waals surface area contributed by atoms with E-state index in [0.29, 0.717) is 5.92 Å². The van der Waals surface area contributed by atoms with Crippen molar-refractivity contribution in [3.05, 3.63) is 60.4 Å². The summed E-state index contributed by atoms with van der Waals surface area (Å²) in [5.74, 6) is 2.45. The first kappa shape index (κ1) is 24.9. The Bertz CT molecular complexity index is 1040. The van der Waals surface area contributed by atoms with E-state index >= 15 is 0 Å². The Hall–Kier alpha value is -2.23. The van der Waals surface area contributed by atoms with Gasteiger partial charge in [0.15, 0.2) is 0 Å². The summed E-state index contributed by atoms with van der Waals surface area (Å²) in [4.78, 5) is 11.3. The number of methoxy groups -OCH3 is 1. The molecular formula is C26H34N4O3S. The number of piperidine rings is 1. The SMILES string of the molecule is COc1ccc2nccc([C@@H](CC[C@@H]3CCN(CCSc4ccccn4)C[C@@H]3CO)NO)c2c1. The van der Waals surface area contributed by atoms with Gasteiger partial charge in [0, 0.05) is 43.2 Å². The monoisotopic (exact) mass is 482 g/mol. The number of benzene rings is 1. The Morgan fingerprint density at radius 3 is 2.85 bits per heavy atom. The Kier molecular flexibility index (Phi) is 9.12. The molecule has 0 spiro atoms. The van der Waals surface area contributed by atoms with E-state index in [1.54, 1.807) is 25.1 Å². The lowest BCUT2D eigenvalue weighted by molar-refractivity contribution is 0.0626. The van der Waals surface area contributed by atoms with Crippen LogP contribution in [-0.2, 0) is 0 Å². The Morgan fingerprint density at radius 2 is 2.09 bits per heavy atom. The molecule has 0 amide bonds. The molecule has 34 heavy (non-hydrogen) atoms. The number of aromatic nitrogens is 2. The van der Waals surface area contributed by atoms with Gasteiger partial charge in [0.25, 0.3) is 0 Å². The van der Waals surface area contributed by atoms with Gasteiger partial charge in [-0.1, -0.05) is 6.07 Å². The average Bonchev–Trinajstić information content (AvgIpc) is 2.89. The molecule has 3 heterocycles. The van der Waals surface area contributed by atoms with Gasteiger partial charge >= 0.3 is 0 Å². The number of nitrogens with zero attached hydrogens (tertiary/aromatic N) is 3. The normalized spacial score (nSPS) is 19.9. The first-order valence-corrected chi connectivity index (χ1v) is 12.9. The molecular weight excluding hydrogens is 448 g/mol. The molecule has 0 aliphatic carbocycles. The van der Waals surface area contributed by atoms with Crippen LogP contribution in [0.25, 0.3) is 10.9 Å². The van der Waals surface area contributed by atoms with Gasteiger partial charge in [-0.15, -0.1) is 11.8 Å². The van der Waals surface area contributed by atoms with E-state index in [0.717, 1.165) is 71.9 Å². The van der Waals surface area contributed by atoms with Crippen molar-refractivity contribution in [1.82, 2.24) is 20.3 Å². The third-order valence-corrected chi connectivity index (χ3v) is 7.77. The van der Waals surface area contributed by atoms with Gasteiger partial charge < -0.3 is 20.0 Å². The molecule has 1 aromatic carbocycles. The van der Waals surface area contributed by atoms with E-state index in [-0.39, 0.29) is 18.6 Å². The predicted molar refractivity (Wildman–Crippen MR) is 135 cm³/mol. The van der Waals surface area contributed by atoms with Crippen LogP contribution >= 0.6 is 11.8 Å². The number of thioether (sulfide) groups is 1. The van der Waals surface area contributed by atoms with Crippen molar-refractivity contribution in [3.63, 3.8) is 0 Å². The third kappa shape index (κ3) is 6.25. The lowest BCUT2D eigenvalue weighted by Gasteiger charge is -2.38. The number of ether oxygens (including phenoxy) is 1. The fraction of sp³-hybridized carbons (Fsp3) is 0.462. The van der Waals surface area contributed by atoms with E-state index in [1.807, 2.05) is 48.7 Å². The minimum atomic E-state index is -0.204. The van der Waals surface area contributed by atoms with Crippen molar-refractivity contribution in [2.45, 2.75) is 30.3 Å². The van der Waals surface area contributed by atoms with Gasteiger partial charge in [0.2, 0.25) is 0 Å². The van der Waals surface area contributed by atoms with Crippen molar-refractivity contribution in [2.24, 2.45) is 11.8 Å². The minimum absolute atomic E-state index is 0.196. The molecule has 3 aromatic rings. The van der Waals surface area contributed by atoms with Crippen LogP contribution in [-0.4, -0.2) is 64.3 Å². The molecule has 3 N–H and O–H groups in total. The lowest BCUT2D eigenvalue weighted by atomic mass is 9.81. The van der Waals surface area contributed by atoms with Crippen LogP contribution in [0.5, 0.6) is 5.75 Å². The van der Waals surface area contributed by atoms with Gasteiger partial charge in [-0.25, -0.2) is 4.98 Å². The quantitative estimate of drug-likeness (QED) is 0.277. The van der Waals surface area contributed by atoms with Gasteiger partial charge in [-0.05, 0) is 79.6 Å². The van der Waals surface area contributed by atoms with Crippen LogP contribution in [0.3, 0.4) is 0 Å². The van der Waals surface area contributed by atoms with E-state index in [9.17, 15) is 10.3 Å². The van der Waals surface area contributed by atoms with Gasteiger partial charge in [-0.2, -0.15) is 5.48 Å². The van der Waals surface area contributed by atoms with E-state index < -0.39 is 0 Å². The zero-order chi connectivity index (χ0) is 23.8. The van der Waals surface area contributed by atoms with Crippen LogP contribution in [0.2, 0.25) is 0 Å². The van der Waals surface area contributed by atoms with E-state index in [4.69, 9.17) is 4.74 Å². The summed E-state index contributed by atoms with van der Waals surface area (Å²) in [5.41, 5.74) is 4.41. The minimum Gasteiger partial charge on any atom is -0.497 e. The molecule has 0 unspecified atom stereocenters. The van der Waals surface area contributed by atoms with Crippen LogP contribution in [0, 0.1) is 11.8 Å². The summed E-state index contributed by atoms with van der Waals surface area (Å²) < 4.78 is 5.39. The first-order chi connectivity index (χ1) is 16.7. The number of pyridine rings is 2. The molecule has 0 bridgehead atoms. The highest BCUT2D eigenvalue weighted by atomic mass is 32.2. The van der Waals surface area contributed by atoms with Crippen LogP contribution in [0.15, 0.2) is 59.9 Å². The van der Waals surface area contributed by atoms with Crippen molar-refractivity contribution in [1.29, 1.82) is 0 Å². The molecule has 3 atom stereocenters. The number of hydrogen-bond donors (Lipinski definition) is 3. The van der Waals surface area contributed by atoms with Crippen molar-refractivity contribution < 1.29 is 15.1 Å².